The fourth-order valence-corrected chi connectivity index (χ4v) is 5.66. The van der Waals surface area contributed by atoms with E-state index in [2.05, 4.69) is 31.2 Å². The summed E-state index contributed by atoms with van der Waals surface area (Å²) in [5.74, 6) is 0. The molecule has 1 aliphatic heterocycles. The van der Waals surface area contributed by atoms with E-state index in [1.54, 1.807) is 0 Å². The second kappa shape index (κ2) is 5.15. The van der Waals surface area contributed by atoms with Gasteiger partial charge in [-0.2, -0.15) is 4.31 Å². The van der Waals surface area contributed by atoms with Crippen LogP contribution in [0, 0.1) is 6.92 Å². The average Bonchev–Trinajstić information content (AvgIpc) is 2.46. The van der Waals surface area contributed by atoms with Crippen molar-refractivity contribution in [2.45, 2.75) is 63.3 Å². The summed E-state index contributed by atoms with van der Waals surface area (Å²) in [5.41, 5.74) is 2.36. The number of hydrogen-bond acceptors (Lipinski definition) is 2. The van der Waals surface area contributed by atoms with Crippen LogP contribution >= 0.6 is 0 Å². The third-order valence-corrected chi connectivity index (χ3v) is 7.15. The van der Waals surface area contributed by atoms with Crippen molar-refractivity contribution in [2.75, 3.05) is 0 Å². The minimum Gasteiger partial charge on any atom is -0.212 e. The van der Waals surface area contributed by atoms with Gasteiger partial charge in [0.2, 0.25) is 10.0 Å². The van der Waals surface area contributed by atoms with Gasteiger partial charge in [-0.3, -0.25) is 0 Å². The molecule has 0 unspecified atom stereocenters. The Morgan fingerprint density at radius 2 is 1.65 bits per heavy atom. The van der Waals surface area contributed by atoms with Crippen molar-refractivity contribution >= 4 is 10.0 Å². The molecule has 1 saturated heterocycles. The van der Waals surface area contributed by atoms with Gasteiger partial charge in [0.15, 0.2) is 0 Å². The lowest BCUT2D eigenvalue weighted by atomic mass is 9.93. The summed E-state index contributed by atoms with van der Waals surface area (Å²) < 4.78 is 26.7. The van der Waals surface area contributed by atoms with Crippen molar-refractivity contribution in [3.05, 3.63) is 35.4 Å². The van der Waals surface area contributed by atoms with Crippen molar-refractivity contribution < 1.29 is 8.42 Å². The van der Waals surface area contributed by atoms with Crippen LogP contribution in [0.3, 0.4) is 0 Å². The largest absolute Gasteiger partial charge is 0.219 e. The van der Waals surface area contributed by atoms with Crippen molar-refractivity contribution in [2.24, 2.45) is 0 Å². The standard InChI is InChI=1S/C16H23NO2S/c1-12-8-10-14(11-9-12)16-13(2)20(18,19)17(16)15-6-4-3-5-7-15/h8-11,13,15-16H,3-7H2,1-2H3/t13-,16-/m0/s1. The minimum absolute atomic E-state index is 0.0451. The predicted molar refractivity (Wildman–Crippen MR) is 81.0 cm³/mol. The summed E-state index contributed by atoms with van der Waals surface area (Å²) in [6, 6.07) is 8.58. The van der Waals surface area contributed by atoms with E-state index < -0.39 is 10.0 Å². The first-order chi connectivity index (χ1) is 9.51. The predicted octanol–water partition coefficient (Wildman–Crippen LogP) is 3.40. The van der Waals surface area contributed by atoms with Crippen LogP contribution in [0.1, 0.15) is 56.2 Å². The van der Waals surface area contributed by atoms with Crippen LogP contribution in [0.15, 0.2) is 24.3 Å². The molecule has 20 heavy (non-hydrogen) atoms. The molecule has 0 amide bonds. The fourth-order valence-electron chi connectivity index (χ4n) is 3.61. The Morgan fingerprint density at radius 3 is 2.25 bits per heavy atom. The van der Waals surface area contributed by atoms with Gasteiger partial charge in [0.1, 0.15) is 0 Å². The Bertz CT molecular complexity index is 573. The number of hydrogen-bond donors (Lipinski definition) is 0. The molecule has 1 heterocycles. The second-order valence-corrected chi connectivity index (χ2v) is 8.42. The molecular formula is C16H23NO2S. The molecule has 3 rings (SSSR count). The van der Waals surface area contributed by atoms with E-state index in [4.69, 9.17) is 0 Å². The molecule has 1 aromatic carbocycles. The number of sulfonamides is 1. The highest BCUT2D eigenvalue weighted by atomic mass is 32.2. The van der Waals surface area contributed by atoms with Crippen LogP contribution in [-0.2, 0) is 10.0 Å². The molecule has 0 radical (unpaired) electrons. The first kappa shape index (κ1) is 14.1. The Kier molecular flexibility index (Phi) is 3.63. The summed E-state index contributed by atoms with van der Waals surface area (Å²) in [7, 11) is -3.07. The van der Waals surface area contributed by atoms with Crippen molar-refractivity contribution in [3.63, 3.8) is 0 Å². The molecule has 0 N–H and O–H groups in total. The lowest BCUT2D eigenvalue weighted by Crippen LogP contribution is -2.60. The topological polar surface area (TPSA) is 37.4 Å². The zero-order valence-electron chi connectivity index (χ0n) is 12.2. The third kappa shape index (κ3) is 2.19. The smallest absolute Gasteiger partial charge is 0.212 e. The zero-order valence-corrected chi connectivity index (χ0v) is 13.1. The van der Waals surface area contributed by atoms with Crippen LogP contribution in [0.4, 0.5) is 0 Å². The third-order valence-electron chi connectivity index (χ3n) is 4.84. The van der Waals surface area contributed by atoms with Gasteiger partial charge < -0.3 is 0 Å². The van der Waals surface area contributed by atoms with Gasteiger partial charge in [0, 0.05) is 6.04 Å². The van der Waals surface area contributed by atoms with Crippen LogP contribution in [0.5, 0.6) is 0 Å². The zero-order chi connectivity index (χ0) is 14.3. The first-order valence-corrected chi connectivity index (χ1v) is 9.11. The number of rotatable bonds is 2. The van der Waals surface area contributed by atoms with Gasteiger partial charge in [-0.15, -0.1) is 0 Å². The maximum absolute atomic E-state index is 12.4. The highest BCUT2D eigenvalue weighted by molar-refractivity contribution is 7.91. The van der Waals surface area contributed by atoms with Crippen molar-refractivity contribution in [1.29, 1.82) is 0 Å². The molecule has 2 fully saturated rings. The number of aryl methyl sites for hydroxylation is 1. The summed E-state index contributed by atoms with van der Waals surface area (Å²) in [6.45, 7) is 3.91. The van der Waals surface area contributed by atoms with Crippen LogP contribution < -0.4 is 0 Å². The summed E-state index contributed by atoms with van der Waals surface area (Å²) in [5, 5.41) is -0.285. The number of nitrogens with zero attached hydrogens (tertiary/aromatic N) is 1. The Labute approximate surface area is 122 Å². The first-order valence-electron chi connectivity index (χ1n) is 7.61. The van der Waals surface area contributed by atoms with Gasteiger partial charge >= 0.3 is 0 Å². The normalized spacial score (nSPS) is 30.9. The van der Waals surface area contributed by atoms with E-state index in [0.29, 0.717) is 0 Å². The second-order valence-electron chi connectivity index (χ2n) is 6.23. The summed E-state index contributed by atoms with van der Waals surface area (Å²) in [6.07, 6.45) is 5.61. The van der Waals surface area contributed by atoms with Crippen molar-refractivity contribution in [3.8, 4) is 0 Å². The van der Waals surface area contributed by atoms with E-state index in [9.17, 15) is 8.42 Å². The molecule has 2 aliphatic rings. The van der Waals surface area contributed by atoms with Gasteiger partial charge in [-0.1, -0.05) is 49.1 Å². The minimum atomic E-state index is -3.07. The van der Waals surface area contributed by atoms with E-state index in [-0.39, 0.29) is 17.3 Å². The molecule has 1 saturated carbocycles. The molecule has 0 bridgehead atoms. The van der Waals surface area contributed by atoms with Gasteiger partial charge in [-0.05, 0) is 32.3 Å². The summed E-state index contributed by atoms with van der Waals surface area (Å²) >= 11 is 0. The van der Waals surface area contributed by atoms with E-state index in [0.717, 1.165) is 31.2 Å². The molecule has 0 aromatic heterocycles. The Balaban J connectivity index is 1.90. The highest BCUT2D eigenvalue weighted by Gasteiger charge is 2.54. The van der Waals surface area contributed by atoms with Gasteiger partial charge in [0.05, 0.1) is 11.3 Å². The van der Waals surface area contributed by atoms with Crippen LogP contribution in [-0.4, -0.2) is 24.0 Å². The maximum atomic E-state index is 12.4. The molecule has 2 atom stereocenters. The molecule has 1 aromatic rings. The summed E-state index contributed by atoms with van der Waals surface area (Å²) in [4.78, 5) is 0. The molecule has 4 heteroatoms. The lowest BCUT2D eigenvalue weighted by molar-refractivity contribution is 0.160. The fraction of sp³-hybridized carbons (Fsp3) is 0.625. The van der Waals surface area contributed by atoms with Crippen LogP contribution in [0.2, 0.25) is 0 Å². The molecule has 0 spiro atoms. The maximum Gasteiger partial charge on any atom is 0.219 e. The van der Waals surface area contributed by atoms with E-state index >= 15 is 0 Å². The van der Waals surface area contributed by atoms with Gasteiger partial charge in [0.25, 0.3) is 0 Å². The van der Waals surface area contributed by atoms with Crippen LogP contribution in [0.25, 0.3) is 0 Å². The van der Waals surface area contributed by atoms with E-state index in [1.807, 2.05) is 11.2 Å². The number of benzene rings is 1. The van der Waals surface area contributed by atoms with E-state index in [1.165, 1.54) is 12.0 Å². The average molecular weight is 293 g/mol. The lowest BCUT2D eigenvalue weighted by Gasteiger charge is -2.50. The monoisotopic (exact) mass is 293 g/mol. The molecular weight excluding hydrogens is 270 g/mol. The quantitative estimate of drug-likeness (QED) is 0.838. The van der Waals surface area contributed by atoms with Crippen molar-refractivity contribution in [1.82, 2.24) is 4.31 Å². The molecule has 1 aliphatic carbocycles. The highest BCUT2D eigenvalue weighted by Crippen LogP contribution is 2.46. The Hall–Kier alpha value is -0.870. The Morgan fingerprint density at radius 1 is 1.05 bits per heavy atom. The molecule has 110 valence electrons. The van der Waals surface area contributed by atoms with Gasteiger partial charge in [-0.25, -0.2) is 8.42 Å². The SMILES string of the molecule is Cc1ccc([C@@H]2[C@H](C)S(=O)(=O)N2C2CCCCC2)cc1. The molecule has 3 nitrogen and oxygen atoms in total.